The van der Waals surface area contributed by atoms with E-state index in [-0.39, 0.29) is 34.9 Å². The second-order valence-corrected chi connectivity index (χ2v) is 8.27. The van der Waals surface area contributed by atoms with Crippen LogP contribution in [0.4, 0.5) is 23.5 Å². The first-order valence-corrected chi connectivity index (χ1v) is 10.2. The molecule has 2 atom stereocenters. The molecule has 3 aromatic rings. The highest BCUT2D eigenvalue weighted by molar-refractivity contribution is 7.19. The van der Waals surface area contributed by atoms with Gasteiger partial charge in [0.1, 0.15) is 10.7 Å². The van der Waals surface area contributed by atoms with Crippen LogP contribution in [0.3, 0.4) is 0 Å². The van der Waals surface area contributed by atoms with Crippen LogP contribution in [0.5, 0.6) is 0 Å². The van der Waals surface area contributed by atoms with Gasteiger partial charge in [0.25, 0.3) is 5.91 Å². The van der Waals surface area contributed by atoms with E-state index in [4.69, 9.17) is 0 Å². The van der Waals surface area contributed by atoms with Gasteiger partial charge < -0.3 is 15.3 Å². The van der Waals surface area contributed by atoms with Crippen LogP contribution in [-0.2, 0) is 6.18 Å². The highest BCUT2D eigenvalue weighted by atomic mass is 32.1. The number of carbonyl (C=O) groups excluding carboxylic acids is 1. The number of pyridine rings is 1. The Morgan fingerprint density at radius 2 is 2.10 bits per heavy atom. The number of amides is 1. The Kier molecular flexibility index (Phi) is 5.52. The highest BCUT2D eigenvalue weighted by Crippen LogP contribution is 2.39. The van der Waals surface area contributed by atoms with Gasteiger partial charge in [-0.15, -0.1) is 11.3 Å². The minimum Gasteiger partial charge on any atom is -0.391 e. The van der Waals surface area contributed by atoms with E-state index in [1.165, 1.54) is 17.2 Å². The average Bonchev–Trinajstić information content (AvgIpc) is 3.33. The Morgan fingerprint density at radius 3 is 2.74 bits per heavy atom. The van der Waals surface area contributed by atoms with Crippen molar-refractivity contribution in [3.05, 3.63) is 46.5 Å². The Hall–Kier alpha value is -2.86. The van der Waals surface area contributed by atoms with Gasteiger partial charge in [-0.3, -0.25) is 9.78 Å². The fourth-order valence-corrected chi connectivity index (χ4v) is 4.24. The van der Waals surface area contributed by atoms with E-state index in [1.54, 1.807) is 6.92 Å². The number of thiophene rings is 1. The molecule has 1 unspecified atom stereocenters. The van der Waals surface area contributed by atoms with Crippen LogP contribution in [0.1, 0.15) is 40.3 Å². The standard InChI is InChI=1S/C19H17F4N5O2S/c1-9(10-4-11(20)7-24-6-10)25-18-26-13-5-14(19(21,22)23)31-16(13)15(27-18)17(30)28-3-2-12(29)8-28/h4-7,9,12,29H,2-3,8H2,1H3,(H,25,26,27)/t9?,12-/m0/s1. The molecule has 0 bridgehead atoms. The van der Waals surface area contributed by atoms with Crippen molar-refractivity contribution in [3.8, 4) is 0 Å². The zero-order chi connectivity index (χ0) is 22.3. The number of nitrogens with one attached hydrogen (secondary N) is 1. The minimum absolute atomic E-state index is 0.0179. The van der Waals surface area contributed by atoms with Gasteiger partial charge in [-0.1, -0.05) is 0 Å². The summed E-state index contributed by atoms with van der Waals surface area (Å²) in [7, 11) is 0. The lowest BCUT2D eigenvalue weighted by Gasteiger charge is -2.17. The largest absolute Gasteiger partial charge is 0.425 e. The Labute approximate surface area is 177 Å². The van der Waals surface area contributed by atoms with Crippen LogP contribution in [0.25, 0.3) is 10.2 Å². The summed E-state index contributed by atoms with van der Waals surface area (Å²) in [5, 5.41) is 12.6. The number of carbonyl (C=O) groups is 1. The molecule has 0 spiro atoms. The molecule has 2 N–H and O–H groups in total. The number of rotatable bonds is 4. The van der Waals surface area contributed by atoms with Crippen LogP contribution in [0.2, 0.25) is 0 Å². The second kappa shape index (κ2) is 8.00. The molecular weight excluding hydrogens is 438 g/mol. The van der Waals surface area contributed by atoms with E-state index in [9.17, 15) is 27.5 Å². The van der Waals surface area contributed by atoms with Crippen molar-refractivity contribution < 1.29 is 27.5 Å². The maximum atomic E-state index is 13.5. The molecule has 3 aromatic heterocycles. The third kappa shape index (κ3) is 4.44. The number of hydrogen-bond acceptors (Lipinski definition) is 7. The van der Waals surface area contributed by atoms with E-state index in [0.29, 0.717) is 23.3 Å². The summed E-state index contributed by atoms with van der Waals surface area (Å²) in [5.74, 6) is -1.19. The smallest absolute Gasteiger partial charge is 0.391 e. The number of likely N-dealkylation sites (tertiary alicyclic amines) is 1. The topological polar surface area (TPSA) is 91.2 Å². The number of hydrogen-bond donors (Lipinski definition) is 2. The third-order valence-electron chi connectivity index (χ3n) is 4.88. The number of anilines is 1. The quantitative estimate of drug-likeness (QED) is 0.584. The fourth-order valence-electron chi connectivity index (χ4n) is 3.30. The van der Waals surface area contributed by atoms with Crippen LogP contribution in [0.15, 0.2) is 24.5 Å². The molecule has 0 saturated carbocycles. The lowest BCUT2D eigenvalue weighted by atomic mass is 10.1. The van der Waals surface area contributed by atoms with Gasteiger partial charge in [0.15, 0.2) is 5.69 Å². The first-order valence-electron chi connectivity index (χ1n) is 9.35. The van der Waals surface area contributed by atoms with E-state index < -0.39 is 34.9 Å². The van der Waals surface area contributed by atoms with E-state index >= 15 is 0 Å². The number of β-amino-alcohol motifs (C(OH)–C–C–N with tert-alkyl or cyclic N) is 1. The SMILES string of the molecule is CC(Nc1nc(C(=O)N2CC[C@H](O)C2)c2sc(C(F)(F)F)cc2n1)c1cncc(F)c1. The number of aliphatic hydroxyl groups is 1. The van der Waals surface area contributed by atoms with Gasteiger partial charge in [-0.05, 0) is 31.0 Å². The third-order valence-corrected chi connectivity index (χ3v) is 6.05. The lowest BCUT2D eigenvalue weighted by molar-refractivity contribution is -0.134. The van der Waals surface area contributed by atoms with Gasteiger partial charge in [0, 0.05) is 19.3 Å². The first-order chi connectivity index (χ1) is 14.6. The fraction of sp³-hybridized carbons (Fsp3) is 0.368. The number of halogens is 4. The maximum Gasteiger partial charge on any atom is 0.425 e. The van der Waals surface area contributed by atoms with Crippen molar-refractivity contribution in [1.82, 2.24) is 19.9 Å². The molecular formula is C19H17F4N5O2S. The number of nitrogens with zero attached hydrogens (tertiary/aromatic N) is 4. The van der Waals surface area contributed by atoms with E-state index in [1.807, 2.05) is 0 Å². The molecule has 0 aliphatic carbocycles. The molecule has 1 aliphatic rings. The van der Waals surface area contributed by atoms with Crippen LogP contribution < -0.4 is 5.32 Å². The molecule has 1 aliphatic heterocycles. The Balaban J connectivity index is 1.74. The van der Waals surface area contributed by atoms with Crippen molar-refractivity contribution in [1.29, 1.82) is 0 Å². The molecule has 1 fully saturated rings. The van der Waals surface area contributed by atoms with Crippen LogP contribution in [-0.4, -0.2) is 50.1 Å². The first kappa shape index (κ1) is 21.4. The number of aromatic nitrogens is 3. The summed E-state index contributed by atoms with van der Waals surface area (Å²) in [4.78, 5) is 25.5. The predicted molar refractivity (Wildman–Crippen MR) is 105 cm³/mol. The van der Waals surface area contributed by atoms with Gasteiger partial charge >= 0.3 is 6.18 Å². The van der Waals surface area contributed by atoms with Crippen molar-refractivity contribution in [2.45, 2.75) is 31.7 Å². The number of alkyl halides is 3. The van der Waals surface area contributed by atoms with Crippen molar-refractivity contribution in [2.24, 2.45) is 0 Å². The number of fused-ring (bicyclic) bond motifs is 1. The minimum atomic E-state index is -4.59. The monoisotopic (exact) mass is 455 g/mol. The van der Waals surface area contributed by atoms with Gasteiger partial charge in [-0.25, -0.2) is 14.4 Å². The highest BCUT2D eigenvalue weighted by Gasteiger charge is 2.35. The molecule has 0 radical (unpaired) electrons. The molecule has 4 heterocycles. The van der Waals surface area contributed by atoms with Crippen molar-refractivity contribution in [2.75, 3.05) is 18.4 Å². The molecule has 164 valence electrons. The van der Waals surface area contributed by atoms with E-state index in [0.717, 1.165) is 12.3 Å². The van der Waals surface area contributed by atoms with Crippen LogP contribution >= 0.6 is 11.3 Å². The average molecular weight is 455 g/mol. The van der Waals surface area contributed by atoms with Gasteiger partial charge in [-0.2, -0.15) is 13.2 Å². The van der Waals surface area contributed by atoms with Gasteiger partial charge in [0.2, 0.25) is 5.95 Å². The summed E-state index contributed by atoms with van der Waals surface area (Å²) < 4.78 is 53.3. The predicted octanol–water partition coefficient (Wildman–Crippen LogP) is 3.62. The summed E-state index contributed by atoms with van der Waals surface area (Å²) in [6, 6.07) is 1.60. The maximum absolute atomic E-state index is 13.5. The molecule has 1 saturated heterocycles. The molecule has 7 nitrogen and oxygen atoms in total. The van der Waals surface area contributed by atoms with Crippen molar-refractivity contribution in [3.63, 3.8) is 0 Å². The normalized spacial score (nSPS) is 17.9. The Morgan fingerprint density at radius 1 is 1.32 bits per heavy atom. The summed E-state index contributed by atoms with van der Waals surface area (Å²) in [5.41, 5.74) is 0.273. The zero-order valence-corrected chi connectivity index (χ0v) is 17.0. The molecule has 4 rings (SSSR count). The molecule has 12 heteroatoms. The summed E-state index contributed by atoms with van der Waals surface area (Å²) in [6.07, 6.45) is -2.42. The second-order valence-electron chi connectivity index (χ2n) is 7.21. The van der Waals surface area contributed by atoms with Crippen molar-refractivity contribution >= 4 is 33.4 Å². The molecule has 1 amide bonds. The lowest BCUT2D eigenvalue weighted by Crippen LogP contribution is -2.30. The van der Waals surface area contributed by atoms with Crippen LogP contribution in [0, 0.1) is 5.82 Å². The van der Waals surface area contributed by atoms with E-state index in [2.05, 4.69) is 20.3 Å². The summed E-state index contributed by atoms with van der Waals surface area (Å²) >= 11 is 0.397. The van der Waals surface area contributed by atoms with Gasteiger partial charge in [0.05, 0.1) is 28.6 Å². The number of aliphatic hydroxyl groups excluding tert-OH is 1. The molecule has 31 heavy (non-hydrogen) atoms. The Bertz CT molecular complexity index is 1140. The molecule has 0 aromatic carbocycles. The summed E-state index contributed by atoms with van der Waals surface area (Å²) in [6.45, 7) is 2.03. The zero-order valence-electron chi connectivity index (χ0n) is 16.1.